The first-order chi connectivity index (χ1) is 24.3. The topological polar surface area (TPSA) is 44.9 Å². The van der Waals surface area contributed by atoms with Crippen LogP contribution in [0, 0.1) is 0 Å². The van der Waals surface area contributed by atoms with E-state index >= 15 is 0 Å². The van der Waals surface area contributed by atoms with Crippen LogP contribution >= 0.6 is 11.8 Å². The molecule has 0 amide bonds. The third kappa shape index (κ3) is 4.13. The molecule has 0 aliphatic carbocycles. The molecule has 8 aromatic rings. The van der Waals surface area contributed by atoms with Gasteiger partial charge in [-0.3, -0.25) is 0 Å². The van der Waals surface area contributed by atoms with E-state index < -0.39 is 8.40 Å². The summed E-state index contributed by atoms with van der Waals surface area (Å²) in [4.78, 5) is 11.1. The Morgan fingerprint density at radius 3 is 1.16 bits per heavy atom. The van der Waals surface area contributed by atoms with Crippen molar-refractivity contribution >= 4 is 30.5 Å². The zero-order valence-electron chi connectivity index (χ0n) is 26.3. The second-order valence-electron chi connectivity index (χ2n) is 12.2. The minimum atomic E-state index is -3.37. The van der Waals surface area contributed by atoms with Crippen LogP contribution in [0.1, 0.15) is 0 Å². The van der Waals surface area contributed by atoms with E-state index in [4.69, 9.17) is 14.7 Å². The fraction of sp³-hybridized carbons (Fsp3) is 0. The van der Waals surface area contributed by atoms with E-state index in [-0.39, 0.29) is 0 Å². The predicted molar refractivity (Wildman–Crippen MR) is 199 cm³/mol. The predicted octanol–water partition coefficient (Wildman–Crippen LogP) is 8.97. The first-order valence-electron chi connectivity index (χ1n) is 16.3. The molecular formula is C42H28N4OSSi-. The lowest BCUT2D eigenvalue weighted by Gasteiger charge is -2.55. The highest BCUT2D eigenvalue weighted by Gasteiger charge is 2.46. The summed E-state index contributed by atoms with van der Waals surface area (Å²) in [5, 5.41) is 4.15. The van der Waals surface area contributed by atoms with Crippen molar-refractivity contribution in [1.29, 1.82) is 0 Å². The quantitative estimate of drug-likeness (QED) is 0.176. The van der Waals surface area contributed by atoms with E-state index in [0.29, 0.717) is 0 Å². The van der Waals surface area contributed by atoms with Gasteiger partial charge in [-0.1, -0.05) is 168 Å². The largest absolute Gasteiger partial charge is 0.463 e. The molecular weight excluding hydrogens is 637 g/mol. The Morgan fingerprint density at radius 2 is 0.755 bits per heavy atom. The normalized spacial score (nSPS) is 13.6. The molecule has 2 aromatic heterocycles. The Bertz CT molecular complexity index is 2320. The summed E-state index contributed by atoms with van der Waals surface area (Å²) in [6.45, 7) is 0. The maximum atomic E-state index is 6.77. The molecule has 0 unspecified atom stereocenters. The number of imidazole rings is 2. The van der Waals surface area contributed by atoms with Gasteiger partial charge in [-0.2, -0.15) is 0 Å². The third-order valence-corrected chi connectivity index (χ3v) is 15.2. The minimum absolute atomic E-state index is 0.861. The molecule has 4 heterocycles. The Labute approximate surface area is 289 Å². The van der Waals surface area contributed by atoms with E-state index in [2.05, 4.69) is 178 Å². The van der Waals surface area contributed by atoms with E-state index in [1.54, 1.807) is 11.8 Å². The first kappa shape index (κ1) is 28.1. The van der Waals surface area contributed by atoms with Gasteiger partial charge in [0.1, 0.15) is 18.7 Å². The Hall–Kier alpha value is -5.89. The Morgan fingerprint density at radius 1 is 0.408 bits per heavy atom. The lowest BCUT2D eigenvalue weighted by Crippen LogP contribution is -2.72. The molecule has 7 heteroatoms. The number of para-hydroxylation sites is 2. The summed E-state index contributed by atoms with van der Waals surface area (Å²) in [5.74, 6) is 1.72. The third-order valence-electron chi connectivity index (χ3n) is 9.46. The van der Waals surface area contributed by atoms with E-state index in [1.807, 2.05) is 0 Å². The molecule has 49 heavy (non-hydrogen) atoms. The summed E-state index contributed by atoms with van der Waals surface area (Å²) >= 11 is 1.65. The van der Waals surface area contributed by atoms with Gasteiger partial charge in [0.2, 0.25) is 0 Å². The molecule has 233 valence electrons. The van der Waals surface area contributed by atoms with Crippen LogP contribution in [-0.2, 0) is 0 Å². The van der Waals surface area contributed by atoms with Crippen molar-refractivity contribution in [2.45, 2.75) is 10.3 Å². The van der Waals surface area contributed by atoms with Crippen molar-refractivity contribution in [1.82, 2.24) is 18.4 Å². The van der Waals surface area contributed by atoms with Crippen molar-refractivity contribution in [2.24, 2.45) is 0 Å². The van der Waals surface area contributed by atoms with E-state index in [0.717, 1.165) is 77.2 Å². The average Bonchev–Trinajstić information content (AvgIpc) is 3.76. The number of aromatic nitrogens is 4. The molecule has 5 nitrogen and oxygen atoms in total. The molecule has 0 saturated carbocycles. The standard InChI is InChI=1S/C42H28N4OSSi/c1-5-17-29(18-6-1)37-39(31-21-9-3-10-22-31)45-41(43-37)48-42-44-38(30-19-7-2-8-20-30)40(32-23-11-4-12-24-32)46(42)49(45)35-27-15-13-25-33(35)47-34-26-14-16-28-36(34)49/h1-28H/q-1. The molecule has 0 fully saturated rings. The van der Waals surface area contributed by atoms with Crippen LogP contribution in [0.15, 0.2) is 180 Å². The van der Waals surface area contributed by atoms with Crippen molar-refractivity contribution < 1.29 is 4.74 Å². The van der Waals surface area contributed by atoms with Crippen molar-refractivity contribution in [3.05, 3.63) is 170 Å². The molecule has 0 N–H and O–H groups in total. The van der Waals surface area contributed by atoms with E-state index in [1.165, 1.54) is 0 Å². The number of ether oxygens (including phenoxy) is 1. The van der Waals surface area contributed by atoms with Gasteiger partial charge in [-0.25, -0.2) is 9.97 Å². The number of hydrogen-bond donors (Lipinski definition) is 0. The number of nitrogens with zero attached hydrogens (tertiary/aromatic N) is 4. The number of benzene rings is 6. The molecule has 10 rings (SSSR count). The van der Waals surface area contributed by atoms with Gasteiger partial charge in [0, 0.05) is 22.5 Å². The van der Waals surface area contributed by atoms with Crippen LogP contribution in [0.4, 0.5) is 0 Å². The summed E-state index contributed by atoms with van der Waals surface area (Å²) in [5.41, 5.74) is 8.47. The summed E-state index contributed by atoms with van der Waals surface area (Å²) in [6, 6.07) is 59.7. The molecule has 0 atom stereocenters. The average molecular weight is 665 g/mol. The molecule has 0 saturated heterocycles. The van der Waals surface area contributed by atoms with Gasteiger partial charge in [-0.05, 0) is 35.0 Å². The smallest absolute Gasteiger partial charge is 0.142 e. The SMILES string of the molecule is c1ccc(-c2nc3n(c2-c2ccccc2)[Si-]2(c4ccccc4Oc4ccccc42)n2c(nc(-c4ccccc4)c2-c2ccccc2)S3)cc1. The summed E-state index contributed by atoms with van der Waals surface area (Å²) in [6.07, 6.45) is 0. The molecule has 2 aliphatic heterocycles. The maximum absolute atomic E-state index is 6.77. The van der Waals surface area contributed by atoms with E-state index in [9.17, 15) is 0 Å². The molecule has 2 aliphatic rings. The van der Waals surface area contributed by atoms with Crippen LogP contribution in [0.3, 0.4) is 0 Å². The van der Waals surface area contributed by atoms with Crippen LogP contribution < -0.4 is 15.1 Å². The van der Waals surface area contributed by atoms with Crippen molar-refractivity contribution in [3.63, 3.8) is 0 Å². The summed E-state index contributed by atoms with van der Waals surface area (Å²) < 4.78 is 11.9. The molecule has 0 bridgehead atoms. The van der Waals surface area contributed by atoms with Crippen LogP contribution in [0.25, 0.3) is 45.0 Å². The van der Waals surface area contributed by atoms with Gasteiger partial charge in [0.15, 0.2) is 0 Å². The van der Waals surface area contributed by atoms with Gasteiger partial charge < -0.3 is 13.2 Å². The fourth-order valence-electron chi connectivity index (χ4n) is 7.47. The Kier molecular flexibility index (Phi) is 6.37. The molecule has 1 spiro atoms. The second kappa shape index (κ2) is 11.1. The number of rotatable bonds is 4. The highest BCUT2D eigenvalue weighted by molar-refractivity contribution is 7.99. The van der Waals surface area contributed by atoms with Crippen LogP contribution in [-0.4, -0.2) is 26.8 Å². The van der Waals surface area contributed by atoms with Gasteiger partial charge in [0.25, 0.3) is 0 Å². The van der Waals surface area contributed by atoms with Crippen LogP contribution in [0.2, 0.25) is 0 Å². The van der Waals surface area contributed by atoms with Crippen molar-refractivity contribution in [3.8, 4) is 56.5 Å². The highest BCUT2D eigenvalue weighted by atomic mass is 32.2. The Balaban J connectivity index is 1.44. The van der Waals surface area contributed by atoms with Gasteiger partial charge in [-0.15, -0.1) is 0 Å². The van der Waals surface area contributed by atoms with Gasteiger partial charge >= 0.3 is 0 Å². The zero-order chi connectivity index (χ0) is 32.4. The van der Waals surface area contributed by atoms with Crippen LogP contribution in [0.5, 0.6) is 11.5 Å². The minimum Gasteiger partial charge on any atom is -0.463 e. The molecule has 0 radical (unpaired) electrons. The fourth-order valence-corrected chi connectivity index (χ4v) is 14.2. The summed E-state index contributed by atoms with van der Waals surface area (Å²) in [7, 11) is -3.37. The maximum Gasteiger partial charge on any atom is 0.142 e. The highest BCUT2D eigenvalue weighted by Crippen LogP contribution is 2.49. The van der Waals surface area contributed by atoms with Crippen molar-refractivity contribution in [2.75, 3.05) is 0 Å². The first-order valence-corrected chi connectivity index (χ1v) is 19.1. The lowest BCUT2D eigenvalue weighted by molar-refractivity contribution is 0.484. The van der Waals surface area contributed by atoms with Gasteiger partial charge in [0.05, 0.1) is 22.9 Å². The second-order valence-corrected chi connectivity index (χ2v) is 16.4. The monoisotopic (exact) mass is 664 g/mol. The lowest BCUT2D eigenvalue weighted by atomic mass is 10.1. The number of fused-ring (bicyclic) bond motifs is 8. The number of hydrogen-bond acceptors (Lipinski definition) is 4. The zero-order valence-corrected chi connectivity index (χ0v) is 28.1. The molecule has 6 aromatic carbocycles.